The zero-order valence-electron chi connectivity index (χ0n) is 21.7. The van der Waals surface area contributed by atoms with Crippen LogP contribution in [0.15, 0.2) is 12.2 Å². The third-order valence-corrected chi connectivity index (χ3v) is 6.68. The van der Waals surface area contributed by atoms with Gasteiger partial charge in [0.15, 0.2) is 0 Å². The van der Waals surface area contributed by atoms with E-state index in [2.05, 4.69) is 24.4 Å². The zero-order chi connectivity index (χ0) is 23.8. The van der Waals surface area contributed by atoms with Crippen molar-refractivity contribution < 1.29 is 14.3 Å². The molecule has 1 amide bonds. The maximum absolute atomic E-state index is 11.8. The molecule has 1 saturated heterocycles. The minimum Gasteiger partial charge on any atom is -0.464 e. The van der Waals surface area contributed by atoms with E-state index in [0.717, 1.165) is 12.8 Å². The van der Waals surface area contributed by atoms with Crippen molar-refractivity contribution in [1.29, 1.82) is 0 Å². The zero-order valence-corrected chi connectivity index (χ0v) is 21.7. The van der Waals surface area contributed by atoms with Gasteiger partial charge < -0.3 is 10.1 Å². The van der Waals surface area contributed by atoms with Gasteiger partial charge in [-0.3, -0.25) is 4.79 Å². The molecule has 0 spiro atoms. The van der Waals surface area contributed by atoms with Gasteiger partial charge in [-0.2, -0.15) is 0 Å². The quantitative estimate of drug-likeness (QED) is 0.0944. The third kappa shape index (κ3) is 18.8. The van der Waals surface area contributed by atoms with Crippen LogP contribution in [0, 0.1) is 0 Å². The Morgan fingerprint density at radius 3 is 1.67 bits per heavy atom. The molecule has 33 heavy (non-hydrogen) atoms. The van der Waals surface area contributed by atoms with Gasteiger partial charge >= 0.3 is 5.97 Å². The number of amides is 1. The standard InChI is InChI=1S/C29H53NO3/c1-2-3-4-5-6-7-8-9-10-11-12-13-14-15-16-17-18-19-20-21-22-23-26-33-29(32)27-24-25-28(31)30-27/h11-12,27H,2-10,13-26H2,1H3,(H,30,31)/b12-11+/t27-/m0/s1. The second-order valence-corrected chi connectivity index (χ2v) is 9.89. The van der Waals surface area contributed by atoms with E-state index in [1.807, 2.05) is 0 Å². The number of nitrogens with one attached hydrogen (secondary N) is 1. The van der Waals surface area contributed by atoms with E-state index in [9.17, 15) is 9.59 Å². The highest BCUT2D eigenvalue weighted by Gasteiger charge is 2.28. The fourth-order valence-electron chi connectivity index (χ4n) is 4.47. The second-order valence-electron chi connectivity index (χ2n) is 9.89. The van der Waals surface area contributed by atoms with Crippen LogP contribution in [-0.4, -0.2) is 24.5 Å². The smallest absolute Gasteiger partial charge is 0.328 e. The van der Waals surface area contributed by atoms with E-state index in [1.54, 1.807) is 0 Å². The second kappa shape index (κ2) is 22.5. The Morgan fingerprint density at radius 2 is 1.21 bits per heavy atom. The summed E-state index contributed by atoms with van der Waals surface area (Å²) in [7, 11) is 0. The molecule has 0 saturated carbocycles. The van der Waals surface area contributed by atoms with Crippen LogP contribution in [0.1, 0.15) is 148 Å². The summed E-state index contributed by atoms with van der Waals surface area (Å²) in [4.78, 5) is 22.9. The number of ether oxygens (including phenoxy) is 1. The highest BCUT2D eigenvalue weighted by molar-refractivity contribution is 5.87. The summed E-state index contributed by atoms with van der Waals surface area (Å²) in [5, 5.41) is 2.65. The van der Waals surface area contributed by atoms with Crippen molar-refractivity contribution in [3.63, 3.8) is 0 Å². The summed E-state index contributed by atoms with van der Waals surface area (Å²) in [5.74, 6) is -0.307. The highest BCUT2D eigenvalue weighted by atomic mass is 16.5. The number of esters is 1. The average molecular weight is 464 g/mol. The number of carbonyl (C=O) groups is 2. The minimum absolute atomic E-state index is 0.0434. The molecular weight excluding hydrogens is 410 g/mol. The molecule has 1 rings (SSSR count). The Balaban J connectivity index is 1.71. The number of rotatable bonds is 23. The summed E-state index contributed by atoms with van der Waals surface area (Å²) >= 11 is 0. The van der Waals surface area contributed by atoms with E-state index in [-0.39, 0.29) is 11.9 Å². The Kier molecular flexibility index (Phi) is 20.2. The lowest BCUT2D eigenvalue weighted by molar-refractivity contribution is -0.146. The van der Waals surface area contributed by atoms with Crippen molar-refractivity contribution in [3.8, 4) is 0 Å². The Labute approximate surface area is 204 Å². The summed E-state index contributed by atoms with van der Waals surface area (Å²) in [6, 6.07) is -0.409. The number of allylic oxidation sites excluding steroid dienone is 2. The first-order valence-corrected chi connectivity index (χ1v) is 14.3. The summed E-state index contributed by atoms with van der Waals surface area (Å²) in [6.07, 6.45) is 32.3. The molecule has 4 nitrogen and oxygen atoms in total. The van der Waals surface area contributed by atoms with Gasteiger partial charge in [0.1, 0.15) is 6.04 Å². The molecule has 1 fully saturated rings. The summed E-state index contributed by atoms with van der Waals surface area (Å²) in [5.41, 5.74) is 0. The molecule has 1 N–H and O–H groups in total. The van der Waals surface area contributed by atoms with Gasteiger partial charge in [-0.05, 0) is 38.5 Å². The SMILES string of the molecule is CCCCCCCCCC/C=C/CCCCCCCCCCCCOC(=O)[C@@H]1CCC(=O)N1. The van der Waals surface area contributed by atoms with Gasteiger partial charge in [-0.1, -0.05) is 115 Å². The van der Waals surface area contributed by atoms with E-state index in [4.69, 9.17) is 4.74 Å². The normalized spacial score (nSPS) is 15.9. The molecular formula is C29H53NO3. The van der Waals surface area contributed by atoms with Gasteiger partial charge in [0.05, 0.1) is 6.61 Å². The molecule has 1 aliphatic rings. The Morgan fingerprint density at radius 1 is 0.758 bits per heavy atom. The van der Waals surface area contributed by atoms with Crippen molar-refractivity contribution in [2.75, 3.05) is 6.61 Å². The van der Waals surface area contributed by atoms with E-state index in [1.165, 1.54) is 116 Å². The average Bonchev–Trinajstić information content (AvgIpc) is 3.26. The van der Waals surface area contributed by atoms with Crippen LogP contribution >= 0.6 is 0 Å². The maximum atomic E-state index is 11.8. The Bertz CT molecular complexity index is 503. The first kappa shape index (κ1) is 29.7. The van der Waals surface area contributed by atoms with E-state index < -0.39 is 6.04 Å². The number of carbonyl (C=O) groups excluding carboxylic acids is 2. The molecule has 1 atom stereocenters. The molecule has 1 aliphatic heterocycles. The molecule has 0 radical (unpaired) electrons. The third-order valence-electron chi connectivity index (χ3n) is 6.68. The summed E-state index contributed by atoms with van der Waals surface area (Å²) < 4.78 is 5.26. The lowest BCUT2D eigenvalue weighted by atomic mass is 10.1. The number of unbranched alkanes of at least 4 members (excludes halogenated alkanes) is 18. The van der Waals surface area contributed by atoms with Crippen LogP contribution in [0.2, 0.25) is 0 Å². The van der Waals surface area contributed by atoms with Crippen LogP contribution < -0.4 is 5.32 Å². The molecule has 192 valence electrons. The first-order chi connectivity index (χ1) is 16.2. The molecule has 0 aromatic carbocycles. The number of hydrogen-bond donors (Lipinski definition) is 1. The molecule has 1 heterocycles. The van der Waals surface area contributed by atoms with E-state index in [0.29, 0.717) is 19.4 Å². The fourth-order valence-corrected chi connectivity index (χ4v) is 4.47. The Hall–Kier alpha value is -1.32. The van der Waals surface area contributed by atoms with Gasteiger partial charge in [0, 0.05) is 6.42 Å². The monoisotopic (exact) mass is 463 g/mol. The van der Waals surface area contributed by atoms with Crippen LogP contribution in [0.3, 0.4) is 0 Å². The lowest BCUT2D eigenvalue weighted by Crippen LogP contribution is -2.34. The summed E-state index contributed by atoms with van der Waals surface area (Å²) in [6.45, 7) is 2.77. The van der Waals surface area contributed by atoms with Crippen molar-refractivity contribution >= 4 is 11.9 Å². The fraction of sp³-hybridized carbons (Fsp3) is 0.862. The number of hydrogen-bond acceptors (Lipinski definition) is 3. The molecule has 0 bridgehead atoms. The van der Waals surface area contributed by atoms with Crippen molar-refractivity contribution in [2.45, 2.75) is 154 Å². The molecule has 0 unspecified atom stereocenters. The van der Waals surface area contributed by atoms with Gasteiger partial charge in [0.25, 0.3) is 0 Å². The minimum atomic E-state index is -0.409. The lowest BCUT2D eigenvalue weighted by Gasteiger charge is -2.09. The van der Waals surface area contributed by atoms with Gasteiger partial charge in [-0.15, -0.1) is 0 Å². The molecule has 4 heteroatoms. The first-order valence-electron chi connectivity index (χ1n) is 14.3. The highest BCUT2D eigenvalue weighted by Crippen LogP contribution is 2.13. The largest absolute Gasteiger partial charge is 0.464 e. The topological polar surface area (TPSA) is 55.4 Å². The predicted octanol–water partition coefficient (Wildman–Crippen LogP) is 8.19. The van der Waals surface area contributed by atoms with Crippen molar-refractivity contribution in [2.24, 2.45) is 0 Å². The molecule has 0 aromatic heterocycles. The maximum Gasteiger partial charge on any atom is 0.328 e. The van der Waals surface area contributed by atoms with Crippen LogP contribution in [-0.2, 0) is 14.3 Å². The van der Waals surface area contributed by atoms with Gasteiger partial charge in [-0.25, -0.2) is 4.79 Å². The van der Waals surface area contributed by atoms with Crippen molar-refractivity contribution in [3.05, 3.63) is 12.2 Å². The molecule has 0 aromatic rings. The molecule has 0 aliphatic carbocycles. The van der Waals surface area contributed by atoms with E-state index >= 15 is 0 Å². The van der Waals surface area contributed by atoms with Crippen LogP contribution in [0.4, 0.5) is 0 Å². The van der Waals surface area contributed by atoms with Gasteiger partial charge in [0.2, 0.25) is 5.91 Å². The van der Waals surface area contributed by atoms with Crippen LogP contribution in [0.25, 0.3) is 0 Å². The van der Waals surface area contributed by atoms with Crippen molar-refractivity contribution in [1.82, 2.24) is 5.32 Å². The van der Waals surface area contributed by atoms with Crippen LogP contribution in [0.5, 0.6) is 0 Å². The predicted molar refractivity (Wildman–Crippen MR) is 139 cm³/mol.